The van der Waals surface area contributed by atoms with Crippen LogP contribution >= 0.6 is 0 Å². The van der Waals surface area contributed by atoms with E-state index in [0.29, 0.717) is 12.5 Å². The van der Waals surface area contributed by atoms with E-state index in [0.717, 1.165) is 33.0 Å². The third-order valence-electron chi connectivity index (χ3n) is 2.73. The van der Waals surface area contributed by atoms with Crippen molar-refractivity contribution in [3.05, 3.63) is 0 Å². The molecule has 1 saturated heterocycles. The molecule has 0 saturated carbocycles. The average molecular weight is 206 g/mol. The fraction of sp³-hybridized carbons (Fsp3) is 1.00. The fourth-order valence-corrected chi connectivity index (χ4v) is 1.93. The molecule has 1 aliphatic heterocycles. The van der Waals surface area contributed by atoms with Crippen LogP contribution in [0, 0.1) is 5.92 Å². The van der Waals surface area contributed by atoms with Crippen LogP contribution in [0.1, 0.15) is 19.8 Å². The molecule has 1 rings (SSSR count). The number of halogens is 2. The Labute approximate surface area is 84.7 Å². The van der Waals surface area contributed by atoms with Gasteiger partial charge in [0.2, 0.25) is 5.92 Å². The van der Waals surface area contributed by atoms with Crippen molar-refractivity contribution >= 4 is 0 Å². The molecule has 0 radical (unpaired) electrons. The lowest BCUT2D eigenvalue weighted by Gasteiger charge is -2.18. The minimum Gasteiger partial charge on any atom is -0.319 e. The van der Waals surface area contributed by atoms with Gasteiger partial charge in [0.05, 0.1) is 0 Å². The Bertz CT molecular complexity index is 168. The molecule has 0 aromatic carbocycles. The van der Waals surface area contributed by atoms with Crippen molar-refractivity contribution in [3.8, 4) is 0 Å². The number of nitrogens with zero attached hydrogens (tertiary/aromatic N) is 1. The van der Waals surface area contributed by atoms with E-state index in [4.69, 9.17) is 0 Å². The lowest BCUT2D eigenvalue weighted by molar-refractivity contribution is 0.00482. The van der Waals surface area contributed by atoms with Crippen LogP contribution in [0.15, 0.2) is 0 Å². The summed E-state index contributed by atoms with van der Waals surface area (Å²) in [6, 6.07) is 0. The number of alkyl halides is 2. The van der Waals surface area contributed by atoms with Crippen molar-refractivity contribution in [2.24, 2.45) is 5.92 Å². The summed E-state index contributed by atoms with van der Waals surface area (Å²) in [6.45, 7) is 4.47. The lowest BCUT2D eigenvalue weighted by atomic mass is 10.1. The van der Waals surface area contributed by atoms with Crippen molar-refractivity contribution in [2.75, 3.05) is 33.2 Å². The Morgan fingerprint density at radius 3 is 2.79 bits per heavy atom. The SMILES string of the molecule is CNCC1CCN(CCC(C)(F)F)C1. The number of hydrogen-bond acceptors (Lipinski definition) is 2. The topological polar surface area (TPSA) is 15.3 Å². The van der Waals surface area contributed by atoms with Gasteiger partial charge in [-0.2, -0.15) is 0 Å². The summed E-state index contributed by atoms with van der Waals surface area (Å²) in [5.41, 5.74) is 0. The highest BCUT2D eigenvalue weighted by atomic mass is 19.3. The first-order chi connectivity index (χ1) is 6.51. The van der Waals surface area contributed by atoms with Gasteiger partial charge in [0.25, 0.3) is 0 Å². The molecule has 0 spiro atoms. The predicted octanol–water partition coefficient (Wildman–Crippen LogP) is 1.57. The predicted molar refractivity (Wildman–Crippen MR) is 53.7 cm³/mol. The average Bonchev–Trinajstić information content (AvgIpc) is 2.49. The van der Waals surface area contributed by atoms with E-state index >= 15 is 0 Å². The highest BCUT2D eigenvalue weighted by Crippen LogP contribution is 2.20. The van der Waals surface area contributed by atoms with E-state index in [2.05, 4.69) is 10.2 Å². The first-order valence-electron chi connectivity index (χ1n) is 5.26. The summed E-state index contributed by atoms with van der Waals surface area (Å²) in [5.74, 6) is -1.87. The zero-order valence-corrected chi connectivity index (χ0v) is 9.02. The van der Waals surface area contributed by atoms with E-state index in [9.17, 15) is 8.78 Å². The van der Waals surface area contributed by atoms with Gasteiger partial charge in [0.15, 0.2) is 0 Å². The van der Waals surface area contributed by atoms with Crippen LogP contribution in [0.3, 0.4) is 0 Å². The zero-order valence-electron chi connectivity index (χ0n) is 9.02. The van der Waals surface area contributed by atoms with Gasteiger partial charge < -0.3 is 10.2 Å². The quantitative estimate of drug-likeness (QED) is 0.734. The maximum atomic E-state index is 12.6. The largest absolute Gasteiger partial charge is 0.319 e. The monoisotopic (exact) mass is 206 g/mol. The Morgan fingerprint density at radius 2 is 2.21 bits per heavy atom. The molecule has 0 aromatic heterocycles. The maximum absolute atomic E-state index is 12.6. The molecule has 1 fully saturated rings. The zero-order chi connectivity index (χ0) is 10.6. The molecule has 84 valence electrons. The second-order valence-electron chi connectivity index (χ2n) is 4.33. The van der Waals surface area contributed by atoms with Gasteiger partial charge in [-0.25, -0.2) is 8.78 Å². The molecule has 4 heteroatoms. The first-order valence-corrected chi connectivity index (χ1v) is 5.26. The first kappa shape index (κ1) is 11.9. The van der Waals surface area contributed by atoms with Crippen molar-refractivity contribution < 1.29 is 8.78 Å². The number of hydrogen-bond donors (Lipinski definition) is 1. The second kappa shape index (κ2) is 5.03. The van der Waals surface area contributed by atoms with Gasteiger partial charge in [0.1, 0.15) is 0 Å². The van der Waals surface area contributed by atoms with Crippen molar-refractivity contribution in [1.82, 2.24) is 10.2 Å². The van der Waals surface area contributed by atoms with Crippen LogP contribution < -0.4 is 5.32 Å². The molecule has 1 unspecified atom stereocenters. The van der Waals surface area contributed by atoms with Crippen LogP contribution in [0.25, 0.3) is 0 Å². The lowest BCUT2D eigenvalue weighted by Crippen LogP contribution is -2.28. The van der Waals surface area contributed by atoms with Gasteiger partial charge in [0, 0.05) is 19.5 Å². The Hall–Kier alpha value is -0.220. The molecule has 1 atom stereocenters. The highest BCUT2D eigenvalue weighted by molar-refractivity contribution is 4.77. The molecule has 0 aromatic rings. The molecule has 1 N–H and O–H groups in total. The number of likely N-dealkylation sites (tertiary alicyclic amines) is 1. The van der Waals surface area contributed by atoms with E-state index in [1.807, 2.05) is 7.05 Å². The molecule has 2 nitrogen and oxygen atoms in total. The normalized spacial score (nSPS) is 24.4. The fourth-order valence-electron chi connectivity index (χ4n) is 1.93. The van der Waals surface area contributed by atoms with E-state index in [1.54, 1.807) is 0 Å². The molecule has 14 heavy (non-hydrogen) atoms. The third kappa shape index (κ3) is 4.33. The van der Waals surface area contributed by atoms with Gasteiger partial charge in [-0.05, 0) is 39.4 Å². The van der Waals surface area contributed by atoms with Crippen molar-refractivity contribution in [3.63, 3.8) is 0 Å². The minimum absolute atomic E-state index is 0.0146. The van der Waals surface area contributed by atoms with Crippen LogP contribution in [0.2, 0.25) is 0 Å². The van der Waals surface area contributed by atoms with Gasteiger partial charge in [-0.3, -0.25) is 0 Å². The Balaban J connectivity index is 2.16. The summed E-state index contributed by atoms with van der Waals surface area (Å²) in [4.78, 5) is 2.14. The van der Waals surface area contributed by atoms with E-state index in [1.165, 1.54) is 0 Å². The molecule has 0 bridgehead atoms. The summed E-state index contributed by atoms with van der Waals surface area (Å²) in [6.07, 6.45) is 1.12. The third-order valence-corrected chi connectivity index (χ3v) is 2.73. The summed E-state index contributed by atoms with van der Waals surface area (Å²) < 4.78 is 25.2. The minimum atomic E-state index is -2.51. The van der Waals surface area contributed by atoms with E-state index < -0.39 is 5.92 Å². The molecular formula is C10H20F2N2. The van der Waals surface area contributed by atoms with Crippen molar-refractivity contribution in [2.45, 2.75) is 25.7 Å². The number of nitrogens with one attached hydrogen (secondary N) is 1. The molecule has 1 heterocycles. The van der Waals surface area contributed by atoms with Crippen LogP contribution in [0.5, 0.6) is 0 Å². The van der Waals surface area contributed by atoms with Crippen LogP contribution in [0.4, 0.5) is 8.78 Å². The van der Waals surface area contributed by atoms with Gasteiger partial charge in [-0.1, -0.05) is 0 Å². The van der Waals surface area contributed by atoms with E-state index in [-0.39, 0.29) is 6.42 Å². The summed E-state index contributed by atoms with van der Waals surface area (Å²) in [7, 11) is 1.93. The smallest absolute Gasteiger partial charge is 0.246 e. The van der Waals surface area contributed by atoms with Crippen LogP contribution in [-0.2, 0) is 0 Å². The Kier molecular flexibility index (Phi) is 4.26. The molecule has 0 aliphatic carbocycles. The van der Waals surface area contributed by atoms with Crippen molar-refractivity contribution in [1.29, 1.82) is 0 Å². The van der Waals surface area contributed by atoms with Crippen LogP contribution in [-0.4, -0.2) is 44.0 Å². The molecular weight excluding hydrogens is 186 g/mol. The molecule has 0 amide bonds. The Morgan fingerprint density at radius 1 is 1.50 bits per heavy atom. The summed E-state index contributed by atoms with van der Waals surface area (Å²) >= 11 is 0. The number of rotatable bonds is 5. The molecule has 1 aliphatic rings. The summed E-state index contributed by atoms with van der Waals surface area (Å²) in [5, 5.41) is 3.13. The van der Waals surface area contributed by atoms with Gasteiger partial charge >= 0.3 is 0 Å². The standard InChI is InChI=1S/C10H20F2N2/c1-10(11,12)4-6-14-5-3-9(8-14)7-13-2/h9,13H,3-8H2,1-2H3. The highest BCUT2D eigenvalue weighted by Gasteiger charge is 2.26. The maximum Gasteiger partial charge on any atom is 0.246 e. The van der Waals surface area contributed by atoms with Gasteiger partial charge in [-0.15, -0.1) is 0 Å². The second-order valence-corrected chi connectivity index (χ2v) is 4.33.